The van der Waals surface area contributed by atoms with Gasteiger partial charge in [0.15, 0.2) is 0 Å². The lowest BCUT2D eigenvalue weighted by Gasteiger charge is -2.36. The smallest absolute Gasteiger partial charge is 0.342 e. The Morgan fingerprint density at radius 3 is 2.45 bits per heavy atom. The van der Waals surface area contributed by atoms with E-state index in [0.29, 0.717) is 16.8 Å². The van der Waals surface area contributed by atoms with E-state index in [1.165, 1.54) is 25.0 Å². The number of aromatic nitrogens is 5. The Kier molecular flexibility index (Phi) is 6.83. The van der Waals surface area contributed by atoms with E-state index in [1.807, 2.05) is 7.05 Å². The van der Waals surface area contributed by atoms with E-state index in [4.69, 9.17) is 9.97 Å². The van der Waals surface area contributed by atoms with Crippen LogP contribution < -0.4 is 4.90 Å². The van der Waals surface area contributed by atoms with Crippen LogP contribution in [0.3, 0.4) is 0 Å². The predicted octanol–water partition coefficient (Wildman–Crippen LogP) is 2.49. The zero-order valence-corrected chi connectivity index (χ0v) is 20.1. The average Bonchev–Trinajstić information content (AvgIpc) is 3.12. The molecule has 1 atom stereocenters. The van der Waals surface area contributed by atoms with Crippen molar-refractivity contribution in [2.24, 2.45) is 7.05 Å². The minimum Gasteiger partial charge on any atom is -0.609 e. The summed E-state index contributed by atoms with van der Waals surface area (Å²) in [5.41, 5.74) is 1.18. The first kappa shape index (κ1) is 22.5. The summed E-state index contributed by atoms with van der Waals surface area (Å²) in [6, 6.07) is 2.23. The Bertz CT molecular complexity index is 869. The monoisotopic (exact) mass is 445 g/mol. The Morgan fingerprint density at radius 1 is 1.13 bits per heavy atom. The first-order valence-electron chi connectivity index (χ1n) is 11.4. The van der Waals surface area contributed by atoms with Crippen molar-refractivity contribution < 1.29 is 4.55 Å². The summed E-state index contributed by atoms with van der Waals surface area (Å²) in [6.07, 6.45) is 6.32. The molecule has 1 saturated heterocycles. The van der Waals surface area contributed by atoms with Gasteiger partial charge in [0, 0.05) is 80.5 Å². The quantitative estimate of drug-likeness (QED) is 0.605. The molecule has 1 aliphatic carbocycles. The Morgan fingerprint density at radius 2 is 1.87 bits per heavy atom. The molecular weight excluding hydrogens is 410 g/mol. The number of aryl methyl sites for hydroxylation is 1. The highest BCUT2D eigenvalue weighted by Gasteiger charge is 2.28. The fourth-order valence-electron chi connectivity index (χ4n) is 4.05. The summed E-state index contributed by atoms with van der Waals surface area (Å²) in [6.45, 7) is 11.5. The molecule has 0 bridgehead atoms. The number of anilines is 1. The van der Waals surface area contributed by atoms with Gasteiger partial charge in [-0.25, -0.2) is 9.97 Å². The first-order chi connectivity index (χ1) is 14.8. The third-order valence-corrected chi connectivity index (χ3v) is 7.74. The highest BCUT2D eigenvalue weighted by atomic mass is 32.2. The Balaban J connectivity index is 1.31. The molecular formula is C22H35N7OS. The van der Waals surface area contributed by atoms with Gasteiger partial charge in [0.2, 0.25) is 0 Å². The molecule has 8 nitrogen and oxygen atoms in total. The maximum absolute atomic E-state index is 12.4. The van der Waals surface area contributed by atoms with Crippen LogP contribution >= 0.6 is 0 Å². The van der Waals surface area contributed by atoms with E-state index in [9.17, 15) is 4.55 Å². The molecule has 1 saturated carbocycles. The van der Waals surface area contributed by atoms with Crippen LogP contribution in [-0.4, -0.2) is 72.7 Å². The molecule has 0 N–H and O–H groups in total. The summed E-state index contributed by atoms with van der Waals surface area (Å²) >= 11 is -1.08. The van der Waals surface area contributed by atoms with Gasteiger partial charge >= 0.3 is 5.16 Å². The second-order valence-electron chi connectivity index (χ2n) is 9.81. The molecule has 2 aliphatic rings. The largest absolute Gasteiger partial charge is 0.609 e. The van der Waals surface area contributed by atoms with Gasteiger partial charge in [0.05, 0.1) is 0 Å². The predicted molar refractivity (Wildman–Crippen MR) is 123 cm³/mol. The fraction of sp³-hybridized carbons (Fsp3) is 0.727. The molecule has 4 rings (SSSR count). The summed E-state index contributed by atoms with van der Waals surface area (Å²) in [4.78, 5) is 14.8. The van der Waals surface area contributed by atoms with E-state index in [2.05, 4.69) is 46.8 Å². The molecule has 31 heavy (non-hydrogen) atoms. The van der Waals surface area contributed by atoms with Crippen molar-refractivity contribution in [3.63, 3.8) is 0 Å². The van der Waals surface area contributed by atoms with Gasteiger partial charge < -0.3 is 9.45 Å². The van der Waals surface area contributed by atoms with Gasteiger partial charge in [0.25, 0.3) is 0 Å². The van der Waals surface area contributed by atoms with Crippen LogP contribution in [0.15, 0.2) is 17.6 Å². The minimum absolute atomic E-state index is 0.0469. The summed E-state index contributed by atoms with van der Waals surface area (Å²) in [5.74, 6) is 3.28. The van der Waals surface area contributed by atoms with Crippen molar-refractivity contribution in [2.45, 2.75) is 62.9 Å². The van der Waals surface area contributed by atoms with E-state index < -0.39 is 11.2 Å². The molecule has 1 unspecified atom stereocenters. The van der Waals surface area contributed by atoms with Crippen molar-refractivity contribution in [3.05, 3.63) is 23.9 Å². The molecule has 9 heteroatoms. The van der Waals surface area contributed by atoms with Crippen LogP contribution in [0.2, 0.25) is 0 Å². The lowest BCUT2D eigenvalue weighted by atomic mass is 9.82. The zero-order chi connectivity index (χ0) is 22.0. The average molecular weight is 446 g/mol. The molecule has 2 aromatic heterocycles. The second-order valence-corrected chi connectivity index (χ2v) is 11.3. The third-order valence-electron chi connectivity index (χ3n) is 6.30. The third kappa shape index (κ3) is 5.38. The van der Waals surface area contributed by atoms with Gasteiger partial charge in [-0.2, -0.15) is 0 Å². The topological polar surface area (TPSA) is 86.0 Å². The van der Waals surface area contributed by atoms with Crippen molar-refractivity contribution in [3.8, 4) is 0 Å². The van der Waals surface area contributed by atoms with Crippen molar-refractivity contribution in [1.82, 2.24) is 29.6 Å². The van der Waals surface area contributed by atoms with Crippen LogP contribution in [0.25, 0.3) is 0 Å². The number of piperazine rings is 1. The highest BCUT2D eigenvalue weighted by Crippen LogP contribution is 2.37. The maximum Gasteiger partial charge on any atom is 0.342 e. The Labute approximate surface area is 188 Å². The molecule has 0 radical (unpaired) electrons. The normalized spacial score (nSPS) is 19.5. The SMILES string of the molecule is Cn1cnnc1[S+]([O-])CCCN1CCN(c2cc(C3CCC3)nc(C(C)(C)C)n2)CC1. The molecule has 1 aliphatic heterocycles. The minimum atomic E-state index is -1.08. The van der Waals surface area contributed by atoms with Gasteiger partial charge in [0.1, 0.15) is 23.7 Å². The van der Waals surface area contributed by atoms with E-state index in [-0.39, 0.29) is 5.41 Å². The van der Waals surface area contributed by atoms with Crippen LogP contribution in [-0.2, 0) is 23.6 Å². The van der Waals surface area contributed by atoms with E-state index >= 15 is 0 Å². The van der Waals surface area contributed by atoms with Crippen molar-refractivity contribution in [1.29, 1.82) is 0 Å². The molecule has 170 valence electrons. The van der Waals surface area contributed by atoms with Crippen molar-refractivity contribution >= 4 is 17.0 Å². The lowest BCUT2D eigenvalue weighted by molar-refractivity contribution is 0.258. The summed E-state index contributed by atoms with van der Waals surface area (Å²) in [7, 11) is 1.83. The number of hydrogen-bond donors (Lipinski definition) is 0. The fourth-order valence-corrected chi connectivity index (χ4v) is 5.13. The molecule has 2 aromatic rings. The van der Waals surface area contributed by atoms with Crippen LogP contribution in [0.5, 0.6) is 0 Å². The molecule has 0 spiro atoms. The lowest BCUT2D eigenvalue weighted by Crippen LogP contribution is -2.47. The van der Waals surface area contributed by atoms with Gasteiger partial charge in [-0.3, -0.25) is 9.47 Å². The number of rotatable bonds is 7. The standard InChI is InChI=1S/C22H35N7OS/c1-22(2,3)20-24-18(17-7-5-8-17)15-19(25-20)29-12-10-28(11-13-29)9-6-14-31(30)21-26-23-16-27(21)4/h15-17H,5-14H2,1-4H3. The summed E-state index contributed by atoms with van der Waals surface area (Å²) in [5, 5.41) is 8.34. The molecule has 0 aromatic carbocycles. The molecule has 2 fully saturated rings. The van der Waals surface area contributed by atoms with Gasteiger partial charge in [-0.15, -0.1) is 5.10 Å². The van der Waals surface area contributed by atoms with E-state index in [1.54, 1.807) is 10.9 Å². The molecule has 0 amide bonds. The summed E-state index contributed by atoms with van der Waals surface area (Å²) < 4.78 is 14.1. The zero-order valence-electron chi connectivity index (χ0n) is 19.3. The Hall–Kier alpha value is -1.71. The second kappa shape index (κ2) is 9.42. The number of nitrogens with zero attached hydrogens (tertiary/aromatic N) is 7. The first-order valence-corrected chi connectivity index (χ1v) is 12.7. The number of hydrogen-bond acceptors (Lipinski definition) is 7. The van der Waals surface area contributed by atoms with Crippen LogP contribution in [0.1, 0.15) is 63.9 Å². The van der Waals surface area contributed by atoms with Crippen molar-refractivity contribution in [2.75, 3.05) is 43.4 Å². The molecule has 3 heterocycles. The van der Waals surface area contributed by atoms with E-state index in [0.717, 1.165) is 50.8 Å². The van der Waals surface area contributed by atoms with Gasteiger partial charge in [-0.1, -0.05) is 32.3 Å². The van der Waals surface area contributed by atoms with Gasteiger partial charge in [-0.05, 0) is 12.8 Å². The maximum atomic E-state index is 12.4. The van der Waals surface area contributed by atoms with Crippen LogP contribution in [0.4, 0.5) is 5.82 Å². The van der Waals surface area contributed by atoms with Crippen LogP contribution in [0, 0.1) is 0 Å². The highest BCUT2D eigenvalue weighted by molar-refractivity contribution is 7.91.